The van der Waals surface area contributed by atoms with E-state index in [-0.39, 0.29) is 5.92 Å². The average molecular weight is 233 g/mol. The number of carboxylic acids is 1. The lowest BCUT2D eigenvalue weighted by molar-refractivity contribution is -0.141. The number of rotatable bonds is 2. The van der Waals surface area contributed by atoms with Crippen LogP contribution >= 0.6 is 0 Å². The topological polar surface area (TPSA) is 49.8 Å². The van der Waals surface area contributed by atoms with Crippen LogP contribution in [0.1, 0.15) is 12.0 Å². The Morgan fingerprint density at radius 3 is 3.06 bits per heavy atom. The molecule has 90 valence electrons. The summed E-state index contributed by atoms with van der Waals surface area (Å²) in [4.78, 5) is 13.2. The number of aliphatic carboxylic acids is 1. The minimum Gasteiger partial charge on any atom is -0.497 e. The summed E-state index contributed by atoms with van der Waals surface area (Å²) < 4.78 is 5.22. The maximum atomic E-state index is 11.0. The molecule has 1 aromatic rings. The Labute approximate surface area is 99.8 Å². The molecule has 0 radical (unpaired) electrons. The zero-order chi connectivity index (χ0) is 12.0. The van der Waals surface area contributed by atoms with Crippen LogP contribution in [0.25, 0.3) is 0 Å². The third-order valence-electron chi connectivity index (χ3n) is 3.82. The van der Waals surface area contributed by atoms with Crippen LogP contribution in [0.2, 0.25) is 0 Å². The van der Waals surface area contributed by atoms with Gasteiger partial charge in [-0.2, -0.15) is 0 Å². The molecule has 3 rings (SSSR count). The summed E-state index contributed by atoms with van der Waals surface area (Å²) in [5, 5.41) is 9.07. The van der Waals surface area contributed by atoms with Crippen LogP contribution in [0.4, 0.5) is 5.69 Å². The zero-order valence-corrected chi connectivity index (χ0v) is 9.72. The van der Waals surface area contributed by atoms with E-state index in [1.807, 2.05) is 12.1 Å². The van der Waals surface area contributed by atoms with Crippen molar-refractivity contribution in [3.63, 3.8) is 0 Å². The Bertz CT molecular complexity index is 472. The van der Waals surface area contributed by atoms with Crippen molar-refractivity contribution in [1.29, 1.82) is 0 Å². The van der Waals surface area contributed by atoms with E-state index in [2.05, 4.69) is 11.0 Å². The van der Waals surface area contributed by atoms with Crippen molar-refractivity contribution in [2.45, 2.75) is 18.9 Å². The first-order chi connectivity index (χ1) is 8.19. The summed E-state index contributed by atoms with van der Waals surface area (Å²) in [5.41, 5.74) is 2.46. The molecule has 1 saturated heterocycles. The third-order valence-corrected chi connectivity index (χ3v) is 3.82. The second-order valence-electron chi connectivity index (χ2n) is 4.78. The first-order valence-corrected chi connectivity index (χ1v) is 5.85. The second-order valence-corrected chi connectivity index (χ2v) is 4.78. The van der Waals surface area contributed by atoms with Gasteiger partial charge in [-0.05, 0) is 24.5 Å². The molecule has 2 aliphatic rings. The number of fused-ring (bicyclic) bond motifs is 3. The van der Waals surface area contributed by atoms with Crippen LogP contribution in [0.5, 0.6) is 5.75 Å². The van der Waals surface area contributed by atoms with Gasteiger partial charge in [-0.15, -0.1) is 0 Å². The Balaban J connectivity index is 1.91. The lowest BCUT2D eigenvalue weighted by Gasteiger charge is -2.19. The molecule has 2 heterocycles. The largest absolute Gasteiger partial charge is 0.497 e. The number of anilines is 1. The number of carboxylic acid groups (broad SMARTS) is 1. The molecule has 1 N–H and O–H groups in total. The third kappa shape index (κ3) is 1.55. The predicted octanol–water partition coefficient (Wildman–Crippen LogP) is 1.53. The highest BCUT2D eigenvalue weighted by Gasteiger charge is 2.40. The van der Waals surface area contributed by atoms with Crippen LogP contribution in [0.15, 0.2) is 18.2 Å². The molecule has 1 aromatic carbocycles. The smallest absolute Gasteiger partial charge is 0.308 e. The minimum atomic E-state index is -0.677. The summed E-state index contributed by atoms with van der Waals surface area (Å²) in [7, 11) is 1.65. The summed E-state index contributed by atoms with van der Waals surface area (Å²) in [5.74, 6) is -0.0635. The van der Waals surface area contributed by atoms with E-state index in [9.17, 15) is 4.79 Å². The fraction of sp³-hybridized carbons (Fsp3) is 0.462. The molecule has 2 aliphatic heterocycles. The number of ether oxygens (including phenoxy) is 1. The van der Waals surface area contributed by atoms with Gasteiger partial charge in [0.2, 0.25) is 0 Å². The quantitative estimate of drug-likeness (QED) is 0.841. The second kappa shape index (κ2) is 3.65. The molecule has 0 spiro atoms. The number of methoxy groups -OCH3 is 1. The minimum absolute atomic E-state index is 0.223. The molecule has 0 aromatic heterocycles. The highest BCUT2D eigenvalue weighted by Crippen LogP contribution is 2.41. The van der Waals surface area contributed by atoms with Crippen molar-refractivity contribution in [3.05, 3.63) is 23.8 Å². The molecule has 0 amide bonds. The highest BCUT2D eigenvalue weighted by atomic mass is 16.5. The molecule has 2 atom stereocenters. The SMILES string of the molecule is COc1ccc2c(c1)N1CC(C(=O)O)CC1C2. The molecule has 2 unspecified atom stereocenters. The van der Waals surface area contributed by atoms with Gasteiger partial charge < -0.3 is 14.7 Å². The summed E-state index contributed by atoms with van der Waals surface area (Å²) in [6, 6.07) is 6.43. The van der Waals surface area contributed by atoms with Gasteiger partial charge >= 0.3 is 5.97 Å². The lowest BCUT2D eigenvalue weighted by Crippen LogP contribution is -2.25. The monoisotopic (exact) mass is 233 g/mol. The van der Waals surface area contributed by atoms with Gasteiger partial charge in [0.1, 0.15) is 5.75 Å². The van der Waals surface area contributed by atoms with E-state index < -0.39 is 5.97 Å². The van der Waals surface area contributed by atoms with Crippen molar-refractivity contribution in [1.82, 2.24) is 0 Å². The summed E-state index contributed by atoms with van der Waals surface area (Å²) in [6.07, 6.45) is 1.72. The summed E-state index contributed by atoms with van der Waals surface area (Å²) >= 11 is 0. The number of hydrogen-bond donors (Lipinski definition) is 1. The summed E-state index contributed by atoms with van der Waals surface area (Å²) in [6.45, 7) is 0.625. The van der Waals surface area contributed by atoms with Crippen LogP contribution < -0.4 is 9.64 Å². The van der Waals surface area contributed by atoms with Gasteiger partial charge in [-0.1, -0.05) is 6.07 Å². The molecule has 4 nitrogen and oxygen atoms in total. The molecular formula is C13H15NO3. The van der Waals surface area contributed by atoms with Crippen molar-refractivity contribution in [2.75, 3.05) is 18.6 Å². The maximum absolute atomic E-state index is 11.0. The van der Waals surface area contributed by atoms with Crippen molar-refractivity contribution in [2.24, 2.45) is 5.92 Å². The fourth-order valence-electron chi connectivity index (χ4n) is 2.95. The molecular weight excluding hydrogens is 218 g/mol. The van der Waals surface area contributed by atoms with Crippen LogP contribution in [0.3, 0.4) is 0 Å². The maximum Gasteiger partial charge on any atom is 0.308 e. The van der Waals surface area contributed by atoms with E-state index in [1.54, 1.807) is 7.11 Å². The Hall–Kier alpha value is -1.71. The molecule has 4 heteroatoms. The molecule has 0 saturated carbocycles. The lowest BCUT2D eigenvalue weighted by atomic mass is 10.0. The Morgan fingerprint density at radius 2 is 2.35 bits per heavy atom. The van der Waals surface area contributed by atoms with E-state index in [0.29, 0.717) is 12.6 Å². The number of nitrogens with zero attached hydrogens (tertiary/aromatic N) is 1. The molecule has 1 fully saturated rings. The van der Waals surface area contributed by atoms with Crippen LogP contribution in [0, 0.1) is 5.92 Å². The van der Waals surface area contributed by atoms with Crippen LogP contribution in [-0.2, 0) is 11.2 Å². The van der Waals surface area contributed by atoms with Gasteiger partial charge in [-0.3, -0.25) is 4.79 Å². The van der Waals surface area contributed by atoms with Gasteiger partial charge in [0.15, 0.2) is 0 Å². The van der Waals surface area contributed by atoms with E-state index in [0.717, 1.165) is 24.3 Å². The number of carbonyl (C=O) groups is 1. The van der Waals surface area contributed by atoms with Gasteiger partial charge in [0, 0.05) is 24.3 Å². The van der Waals surface area contributed by atoms with Crippen molar-refractivity contribution < 1.29 is 14.6 Å². The average Bonchev–Trinajstić information content (AvgIpc) is 2.85. The normalized spacial score (nSPS) is 25.6. The van der Waals surface area contributed by atoms with E-state index in [1.165, 1.54) is 5.56 Å². The first kappa shape index (κ1) is 10.4. The van der Waals surface area contributed by atoms with E-state index in [4.69, 9.17) is 9.84 Å². The standard InChI is InChI=1S/C13H15NO3/c1-17-11-3-2-8-4-10-5-9(13(15)16)7-14(10)12(8)6-11/h2-3,6,9-10H,4-5,7H2,1H3,(H,15,16). The van der Waals surface area contributed by atoms with Crippen molar-refractivity contribution >= 4 is 11.7 Å². The highest BCUT2D eigenvalue weighted by molar-refractivity contribution is 5.74. The fourth-order valence-corrected chi connectivity index (χ4v) is 2.95. The van der Waals surface area contributed by atoms with E-state index >= 15 is 0 Å². The van der Waals surface area contributed by atoms with Gasteiger partial charge in [0.05, 0.1) is 13.0 Å². The first-order valence-electron chi connectivity index (χ1n) is 5.85. The number of hydrogen-bond acceptors (Lipinski definition) is 3. The molecule has 0 bridgehead atoms. The van der Waals surface area contributed by atoms with Crippen molar-refractivity contribution in [3.8, 4) is 5.75 Å². The number of benzene rings is 1. The van der Waals surface area contributed by atoms with Crippen LogP contribution in [-0.4, -0.2) is 30.8 Å². The van der Waals surface area contributed by atoms with Gasteiger partial charge in [-0.25, -0.2) is 0 Å². The van der Waals surface area contributed by atoms with Gasteiger partial charge in [0.25, 0.3) is 0 Å². The predicted molar refractivity (Wildman–Crippen MR) is 63.6 cm³/mol. The zero-order valence-electron chi connectivity index (χ0n) is 9.72. The Morgan fingerprint density at radius 1 is 1.53 bits per heavy atom. The molecule has 0 aliphatic carbocycles. The Kier molecular flexibility index (Phi) is 2.24. The molecule has 17 heavy (non-hydrogen) atoms.